The molecule has 0 spiro atoms. The van der Waals surface area contributed by atoms with Crippen molar-refractivity contribution in [3.63, 3.8) is 0 Å². The fourth-order valence-electron chi connectivity index (χ4n) is 6.56. The van der Waals surface area contributed by atoms with E-state index in [-0.39, 0.29) is 30.2 Å². The van der Waals surface area contributed by atoms with Crippen LogP contribution < -0.4 is 16.2 Å². The standard InChI is InChI=1S/C26H30FN5O6S/c1-39(37,38)32-18-10-16(18)11-19(32)22(34)30-26-8-6-15(7-9-26)13-31-24(36)21(33)20(29-25(26)31)23(35)28-12-14-2-4-17(27)5-3-14/h2-5,15-16,18-19,33H,6-13H2,1H3,(H,28,35)(H,30,34)/t15?,16?,18-,19?,26?/m1/s1. The number of halogens is 1. The van der Waals surface area contributed by atoms with Crippen LogP contribution in [0.1, 0.15) is 60.4 Å². The number of fused-ring (bicyclic) bond motifs is 3. The van der Waals surface area contributed by atoms with Crippen molar-refractivity contribution in [2.24, 2.45) is 11.8 Å². The van der Waals surface area contributed by atoms with Gasteiger partial charge < -0.3 is 15.7 Å². The molecular weight excluding hydrogens is 529 g/mol. The molecule has 4 heterocycles. The number of rotatable bonds is 6. The van der Waals surface area contributed by atoms with Gasteiger partial charge >= 0.3 is 0 Å². The van der Waals surface area contributed by atoms with Gasteiger partial charge in [-0.15, -0.1) is 0 Å². The van der Waals surface area contributed by atoms with Gasteiger partial charge in [0, 0.05) is 19.1 Å². The molecule has 2 saturated carbocycles. The number of piperidine rings is 1. The molecule has 2 aliphatic carbocycles. The van der Waals surface area contributed by atoms with Crippen molar-refractivity contribution < 1.29 is 27.5 Å². The molecular formula is C26H30FN5O6S. The van der Waals surface area contributed by atoms with E-state index in [1.807, 2.05) is 0 Å². The number of aromatic nitrogens is 2. The number of aromatic hydroxyl groups is 1. The van der Waals surface area contributed by atoms with Crippen LogP contribution in [0.2, 0.25) is 0 Å². The zero-order chi connectivity index (χ0) is 27.7. The maximum Gasteiger partial charge on any atom is 0.296 e. The molecule has 13 heteroatoms. The van der Waals surface area contributed by atoms with E-state index in [0.717, 1.165) is 12.7 Å². The van der Waals surface area contributed by atoms with Crippen molar-refractivity contribution in [1.29, 1.82) is 0 Å². The van der Waals surface area contributed by atoms with Gasteiger partial charge in [-0.05, 0) is 68.1 Å². The Morgan fingerprint density at radius 3 is 2.54 bits per heavy atom. The summed E-state index contributed by atoms with van der Waals surface area (Å²) in [5, 5.41) is 16.3. The minimum atomic E-state index is -3.60. The van der Waals surface area contributed by atoms with Gasteiger partial charge in [-0.1, -0.05) is 12.1 Å². The lowest BCUT2D eigenvalue weighted by Crippen LogP contribution is -2.56. The molecule has 2 bridgehead atoms. The molecule has 5 aliphatic rings. The fourth-order valence-corrected chi connectivity index (χ4v) is 7.95. The van der Waals surface area contributed by atoms with E-state index >= 15 is 0 Å². The number of carbonyl (C=O) groups excluding carboxylic acids is 2. The van der Waals surface area contributed by atoms with Gasteiger partial charge in [0.25, 0.3) is 11.5 Å². The van der Waals surface area contributed by atoms with Gasteiger partial charge in [0.1, 0.15) is 17.7 Å². The predicted molar refractivity (Wildman–Crippen MR) is 136 cm³/mol. The Bertz CT molecular complexity index is 1520. The Balaban J connectivity index is 1.32. The van der Waals surface area contributed by atoms with Gasteiger partial charge in [-0.25, -0.2) is 17.8 Å². The van der Waals surface area contributed by atoms with Crippen molar-refractivity contribution in [2.75, 3.05) is 6.26 Å². The van der Waals surface area contributed by atoms with Gasteiger partial charge in [-0.2, -0.15) is 4.31 Å². The first-order valence-corrected chi connectivity index (χ1v) is 15.0. The number of hydrogen-bond acceptors (Lipinski definition) is 7. The first-order chi connectivity index (χ1) is 18.5. The number of benzene rings is 1. The van der Waals surface area contributed by atoms with Crippen molar-refractivity contribution >= 4 is 21.8 Å². The Morgan fingerprint density at radius 2 is 1.87 bits per heavy atom. The molecule has 39 heavy (non-hydrogen) atoms. The van der Waals surface area contributed by atoms with Crippen molar-refractivity contribution in [3.05, 3.63) is 57.5 Å². The average Bonchev–Trinajstić information content (AvgIpc) is 3.60. The smallest absolute Gasteiger partial charge is 0.296 e. The summed E-state index contributed by atoms with van der Waals surface area (Å²) in [6.45, 7) is 0.320. The zero-order valence-electron chi connectivity index (χ0n) is 21.4. The molecule has 1 saturated heterocycles. The molecule has 3 fully saturated rings. The van der Waals surface area contributed by atoms with Gasteiger partial charge in [0.2, 0.25) is 21.7 Å². The Hall–Kier alpha value is -3.32. The average molecular weight is 560 g/mol. The van der Waals surface area contributed by atoms with Crippen LogP contribution in [0, 0.1) is 17.7 Å². The summed E-state index contributed by atoms with van der Waals surface area (Å²) in [6.07, 6.45) is 4.63. The van der Waals surface area contributed by atoms with Crippen LogP contribution in [0.4, 0.5) is 4.39 Å². The monoisotopic (exact) mass is 559 g/mol. The Labute approximate surface area is 224 Å². The third kappa shape index (κ3) is 4.50. The van der Waals surface area contributed by atoms with E-state index in [1.54, 1.807) is 0 Å². The first-order valence-electron chi connectivity index (χ1n) is 13.1. The van der Waals surface area contributed by atoms with E-state index in [2.05, 4.69) is 15.6 Å². The molecule has 1 aromatic carbocycles. The molecule has 2 amide bonds. The molecule has 11 nitrogen and oxygen atoms in total. The summed E-state index contributed by atoms with van der Waals surface area (Å²) in [7, 11) is -3.60. The summed E-state index contributed by atoms with van der Waals surface area (Å²) in [4.78, 5) is 44.4. The highest BCUT2D eigenvalue weighted by Gasteiger charge is 2.58. The van der Waals surface area contributed by atoms with E-state index in [9.17, 15) is 32.3 Å². The molecule has 0 radical (unpaired) electrons. The second-order valence-electron chi connectivity index (χ2n) is 11.3. The topological polar surface area (TPSA) is 151 Å². The van der Waals surface area contributed by atoms with Crippen molar-refractivity contribution in [1.82, 2.24) is 24.5 Å². The largest absolute Gasteiger partial charge is 0.501 e. The zero-order valence-corrected chi connectivity index (χ0v) is 22.2. The highest BCUT2D eigenvalue weighted by Crippen LogP contribution is 2.50. The van der Waals surface area contributed by atoms with E-state index in [0.29, 0.717) is 44.2 Å². The predicted octanol–water partition coefficient (Wildman–Crippen LogP) is 0.956. The highest BCUT2D eigenvalue weighted by atomic mass is 32.2. The normalized spacial score (nSPS) is 29.3. The summed E-state index contributed by atoms with van der Waals surface area (Å²) < 4.78 is 40.8. The molecule has 3 atom stereocenters. The van der Waals surface area contributed by atoms with Crippen molar-refractivity contribution in [3.8, 4) is 5.75 Å². The van der Waals surface area contributed by atoms with E-state index in [4.69, 9.17) is 0 Å². The molecule has 2 unspecified atom stereocenters. The molecule has 3 N–H and O–H groups in total. The quantitative estimate of drug-likeness (QED) is 0.477. The second-order valence-corrected chi connectivity index (χ2v) is 13.2. The number of sulfonamides is 1. The number of nitrogens with one attached hydrogen (secondary N) is 2. The number of carbonyl (C=O) groups is 2. The van der Waals surface area contributed by atoms with Gasteiger partial charge in [-0.3, -0.25) is 19.0 Å². The maximum atomic E-state index is 13.6. The molecule has 3 aliphatic heterocycles. The number of amides is 2. The van der Waals surface area contributed by atoms with Crippen LogP contribution in [0.3, 0.4) is 0 Å². The Morgan fingerprint density at radius 1 is 1.18 bits per heavy atom. The molecule has 2 aromatic rings. The van der Waals surface area contributed by atoms with Crippen LogP contribution in [0.5, 0.6) is 5.75 Å². The summed E-state index contributed by atoms with van der Waals surface area (Å²) in [6, 6.07) is 4.53. The van der Waals surface area contributed by atoms with Gasteiger partial charge in [0.05, 0.1) is 11.8 Å². The lowest BCUT2D eigenvalue weighted by atomic mass is 9.77. The minimum absolute atomic E-state index is 0.0218. The third-order valence-corrected chi connectivity index (χ3v) is 9.94. The van der Waals surface area contributed by atoms with Crippen LogP contribution in [0.25, 0.3) is 0 Å². The second kappa shape index (κ2) is 9.12. The summed E-state index contributed by atoms with van der Waals surface area (Å²) >= 11 is 0. The summed E-state index contributed by atoms with van der Waals surface area (Å²) in [5.74, 6) is -1.92. The number of hydrogen-bond donors (Lipinski definition) is 3. The highest BCUT2D eigenvalue weighted by molar-refractivity contribution is 7.88. The van der Waals surface area contributed by atoms with Crippen LogP contribution in [0.15, 0.2) is 29.1 Å². The fraction of sp³-hybridized carbons (Fsp3) is 0.538. The number of nitrogens with zero attached hydrogens (tertiary/aromatic N) is 3. The lowest BCUT2D eigenvalue weighted by Gasteiger charge is -2.38. The minimum Gasteiger partial charge on any atom is -0.501 e. The molecule has 7 rings (SSSR count). The molecule has 1 aromatic heterocycles. The third-order valence-electron chi connectivity index (χ3n) is 8.65. The van der Waals surface area contributed by atoms with Crippen LogP contribution in [-0.4, -0.2) is 57.5 Å². The van der Waals surface area contributed by atoms with Crippen LogP contribution >= 0.6 is 0 Å². The first kappa shape index (κ1) is 25.9. The lowest BCUT2D eigenvalue weighted by molar-refractivity contribution is -0.127. The van der Waals surface area contributed by atoms with Gasteiger partial charge in [0.15, 0.2) is 5.69 Å². The molecule has 208 valence electrons. The maximum absolute atomic E-state index is 13.6. The van der Waals surface area contributed by atoms with E-state index < -0.39 is 56.2 Å². The Kier molecular flexibility index (Phi) is 6.06. The SMILES string of the molecule is CS(=O)(=O)N1C(C(=O)NC23CCC(CC2)Cn2c3nc(C(=O)NCc3ccc(F)cc3)c(O)c2=O)CC2C[C@H]21. The van der Waals surface area contributed by atoms with E-state index in [1.165, 1.54) is 33.1 Å². The van der Waals surface area contributed by atoms with Crippen LogP contribution in [-0.2, 0) is 33.4 Å². The van der Waals surface area contributed by atoms with Crippen molar-refractivity contribution in [2.45, 2.75) is 69.2 Å². The summed E-state index contributed by atoms with van der Waals surface area (Å²) in [5.41, 5.74) is -1.69.